The predicted molar refractivity (Wildman–Crippen MR) is 97.6 cm³/mol. The number of hydrogen-bond donors (Lipinski definition) is 0. The molecule has 3 rings (SSSR count). The van der Waals surface area contributed by atoms with Gasteiger partial charge in [-0.3, -0.25) is 0 Å². The Labute approximate surface area is 136 Å². The molecule has 0 bridgehead atoms. The standard InChI is InChI=1S/C20H16.BrH/c1-3-8-17(9-4-1)14-15-18-10-7-13-20(16-18)19-11-5-2-6-12-19;/h1-16H;1H. The van der Waals surface area contributed by atoms with Crippen molar-refractivity contribution in [3.63, 3.8) is 0 Å². The Kier molecular flexibility index (Phi) is 5.53. The van der Waals surface area contributed by atoms with E-state index in [4.69, 9.17) is 0 Å². The SMILES string of the molecule is Br.C(=Cc1cccc(-c2ccccc2)c1)c1ccccc1. The lowest BCUT2D eigenvalue weighted by Gasteiger charge is -2.02. The first-order valence-electron chi connectivity index (χ1n) is 6.80. The van der Waals surface area contributed by atoms with E-state index in [0.29, 0.717) is 0 Å². The zero-order valence-electron chi connectivity index (χ0n) is 11.6. The molecule has 104 valence electrons. The van der Waals surface area contributed by atoms with Crippen molar-refractivity contribution in [2.45, 2.75) is 0 Å². The van der Waals surface area contributed by atoms with Crippen molar-refractivity contribution >= 4 is 29.1 Å². The highest BCUT2D eigenvalue weighted by Gasteiger charge is 1.96. The lowest BCUT2D eigenvalue weighted by Crippen LogP contribution is -1.78. The summed E-state index contributed by atoms with van der Waals surface area (Å²) in [5.41, 5.74) is 4.94. The molecule has 3 aromatic carbocycles. The molecule has 0 aliphatic heterocycles. The molecule has 21 heavy (non-hydrogen) atoms. The average molecular weight is 337 g/mol. The van der Waals surface area contributed by atoms with Gasteiger partial charge in [-0.2, -0.15) is 0 Å². The fraction of sp³-hybridized carbons (Fsp3) is 0. The topological polar surface area (TPSA) is 0 Å². The monoisotopic (exact) mass is 336 g/mol. The Morgan fingerprint density at radius 1 is 0.476 bits per heavy atom. The van der Waals surface area contributed by atoms with Crippen LogP contribution in [0.25, 0.3) is 23.3 Å². The molecule has 0 saturated heterocycles. The van der Waals surface area contributed by atoms with Crippen molar-refractivity contribution in [2.75, 3.05) is 0 Å². The van der Waals surface area contributed by atoms with Gasteiger partial charge in [0, 0.05) is 0 Å². The third kappa shape index (κ3) is 4.17. The van der Waals surface area contributed by atoms with Crippen LogP contribution < -0.4 is 0 Å². The predicted octanol–water partition coefficient (Wildman–Crippen LogP) is 6.10. The van der Waals surface area contributed by atoms with Gasteiger partial charge in [-0.15, -0.1) is 17.0 Å². The van der Waals surface area contributed by atoms with Crippen LogP contribution in [0, 0.1) is 0 Å². The molecule has 0 radical (unpaired) electrons. The fourth-order valence-corrected chi connectivity index (χ4v) is 2.21. The lowest BCUT2D eigenvalue weighted by atomic mass is 10.0. The van der Waals surface area contributed by atoms with Crippen LogP contribution in [-0.4, -0.2) is 0 Å². The molecule has 0 amide bonds. The number of rotatable bonds is 3. The summed E-state index contributed by atoms with van der Waals surface area (Å²) in [5, 5.41) is 0. The third-order valence-electron chi connectivity index (χ3n) is 3.26. The number of benzene rings is 3. The van der Waals surface area contributed by atoms with Crippen LogP contribution in [0.1, 0.15) is 11.1 Å². The zero-order valence-corrected chi connectivity index (χ0v) is 13.4. The molecule has 0 N–H and O–H groups in total. The van der Waals surface area contributed by atoms with E-state index in [2.05, 4.69) is 84.9 Å². The van der Waals surface area contributed by atoms with E-state index in [0.717, 1.165) is 0 Å². The van der Waals surface area contributed by atoms with Crippen molar-refractivity contribution < 1.29 is 0 Å². The van der Waals surface area contributed by atoms with Crippen molar-refractivity contribution in [1.82, 2.24) is 0 Å². The van der Waals surface area contributed by atoms with Crippen LogP contribution in [0.3, 0.4) is 0 Å². The molecule has 0 atom stereocenters. The summed E-state index contributed by atoms with van der Waals surface area (Å²) in [6.45, 7) is 0. The van der Waals surface area contributed by atoms with Crippen LogP contribution in [-0.2, 0) is 0 Å². The maximum absolute atomic E-state index is 2.22. The summed E-state index contributed by atoms with van der Waals surface area (Å²) in [4.78, 5) is 0. The first-order chi connectivity index (χ1) is 9.92. The molecule has 0 aromatic heterocycles. The molecule has 0 aliphatic carbocycles. The van der Waals surface area contributed by atoms with Crippen molar-refractivity contribution in [3.8, 4) is 11.1 Å². The van der Waals surface area contributed by atoms with Gasteiger partial charge in [-0.1, -0.05) is 91.0 Å². The van der Waals surface area contributed by atoms with Crippen LogP contribution in [0.5, 0.6) is 0 Å². The quantitative estimate of drug-likeness (QED) is 0.507. The molecule has 0 aliphatic rings. The van der Waals surface area contributed by atoms with E-state index >= 15 is 0 Å². The largest absolute Gasteiger partial charge is 0.114 e. The van der Waals surface area contributed by atoms with E-state index < -0.39 is 0 Å². The second-order valence-electron chi connectivity index (χ2n) is 4.74. The van der Waals surface area contributed by atoms with Gasteiger partial charge in [0.1, 0.15) is 0 Å². The van der Waals surface area contributed by atoms with Gasteiger partial charge >= 0.3 is 0 Å². The molecule has 0 unspecified atom stereocenters. The van der Waals surface area contributed by atoms with E-state index in [1.807, 2.05) is 12.1 Å². The summed E-state index contributed by atoms with van der Waals surface area (Å²) >= 11 is 0. The highest BCUT2D eigenvalue weighted by atomic mass is 79.9. The van der Waals surface area contributed by atoms with E-state index in [1.54, 1.807) is 0 Å². The van der Waals surface area contributed by atoms with Crippen molar-refractivity contribution in [2.24, 2.45) is 0 Å². The Balaban J connectivity index is 0.00000161. The second kappa shape index (κ2) is 7.61. The first kappa shape index (κ1) is 15.3. The molecule has 0 heterocycles. The molecule has 0 spiro atoms. The average Bonchev–Trinajstić information content (AvgIpc) is 2.55. The minimum absolute atomic E-state index is 0. The summed E-state index contributed by atoms with van der Waals surface area (Å²) in [6, 6.07) is 29.4. The molecule has 1 heteroatoms. The van der Waals surface area contributed by atoms with Gasteiger partial charge in [0.2, 0.25) is 0 Å². The summed E-state index contributed by atoms with van der Waals surface area (Å²) in [7, 11) is 0. The molecule has 0 saturated carbocycles. The molecular formula is C20H17Br. The van der Waals surface area contributed by atoms with E-state index in [1.165, 1.54) is 22.3 Å². The normalized spacial score (nSPS) is 10.3. The van der Waals surface area contributed by atoms with Gasteiger partial charge in [0.25, 0.3) is 0 Å². The Hall–Kier alpha value is -2.12. The maximum atomic E-state index is 2.22. The Morgan fingerprint density at radius 2 is 1.00 bits per heavy atom. The van der Waals surface area contributed by atoms with Crippen LogP contribution in [0.4, 0.5) is 0 Å². The number of hydrogen-bond acceptors (Lipinski definition) is 0. The smallest absolute Gasteiger partial charge is 0.0178 e. The van der Waals surface area contributed by atoms with Crippen molar-refractivity contribution in [1.29, 1.82) is 0 Å². The minimum Gasteiger partial charge on any atom is -0.114 e. The summed E-state index contributed by atoms with van der Waals surface area (Å²) in [5.74, 6) is 0. The van der Waals surface area contributed by atoms with Crippen LogP contribution in [0.15, 0.2) is 84.9 Å². The number of halogens is 1. The minimum atomic E-state index is 0. The van der Waals surface area contributed by atoms with Gasteiger partial charge < -0.3 is 0 Å². The van der Waals surface area contributed by atoms with Crippen LogP contribution in [0.2, 0.25) is 0 Å². The van der Waals surface area contributed by atoms with Gasteiger partial charge in [0.05, 0.1) is 0 Å². The lowest BCUT2D eigenvalue weighted by molar-refractivity contribution is 1.60. The molecule has 3 aromatic rings. The Morgan fingerprint density at radius 3 is 1.71 bits per heavy atom. The maximum Gasteiger partial charge on any atom is -0.0178 e. The van der Waals surface area contributed by atoms with Gasteiger partial charge in [-0.25, -0.2) is 0 Å². The summed E-state index contributed by atoms with van der Waals surface area (Å²) in [6.07, 6.45) is 4.30. The highest BCUT2D eigenvalue weighted by molar-refractivity contribution is 8.93. The van der Waals surface area contributed by atoms with Gasteiger partial charge in [-0.05, 0) is 28.3 Å². The summed E-state index contributed by atoms with van der Waals surface area (Å²) < 4.78 is 0. The van der Waals surface area contributed by atoms with E-state index in [9.17, 15) is 0 Å². The van der Waals surface area contributed by atoms with Gasteiger partial charge in [0.15, 0.2) is 0 Å². The van der Waals surface area contributed by atoms with E-state index in [-0.39, 0.29) is 17.0 Å². The third-order valence-corrected chi connectivity index (χ3v) is 3.26. The zero-order chi connectivity index (χ0) is 13.6. The second-order valence-corrected chi connectivity index (χ2v) is 4.74. The first-order valence-corrected chi connectivity index (χ1v) is 6.80. The molecule has 0 fully saturated rings. The van der Waals surface area contributed by atoms with Crippen molar-refractivity contribution in [3.05, 3.63) is 96.1 Å². The molecule has 0 nitrogen and oxygen atoms in total. The van der Waals surface area contributed by atoms with Crippen LogP contribution >= 0.6 is 17.0 Å². The molecular weight excluding hydrogens is 320 g/mol. The fourth-order valence-electron chi connectivity index (χ4n) is 2.21. The highest BCUT2D eigenvalue weighted by Crippen LogP contribution is 2.21. The Bertz CT molecular complexity index is 700.